The van der Waals surface area contributed by atoms with Gasteiger partial charge in [0.15, 0.2) is 23.1 Å². The lowest BCUT2D eigenvalue weighted by atomic mass is 10.0. The molecular weight excluding hydrogens is 685 g/mol. The predicted octanol–water partition coefficient (Wildman–Crippen LogP) is 13.2. The van der Waals surface area contributed by atoms with E-state index >= 15 is 0 Å². The summed E-state index contributed by atoms with van der Waals surface area (Å²) in [5.41, 5.74) is 12.2. The van der Waals surface area contributed by atoms with Crippen LogP contribution in [0.5, 0.6) is 0 Å². The van der Waals surface area contributed by atoms with Crippen molar-refractivity contribution in [1.82, 2.24) is 19.5 Å². The van der Waals surface area contributed by atoms with Gasteiger partial charge in [0.05, 0.1) is 16.7 Å². The quantitative estimate of drug-likeness (QED) is 0.172. The Balaban J connectivity index is 1.07. The number of aromatic nitrogens is 4. The van der Waals surface area contributed by atoms with E-state index in [1.54, 1.807) is 0 Å². The van der Waals surface area contributed by atoms with E-state index < -0.39 is 0 Å². The molecule has 0 fully saturated rings. The summed E-state index contributed by atoms with van der Waals surface area (Å²) in [7, 11) is 0. The highest BCUT2D eigenvalue weighted by molar-refractivity contribution is 6.13. The molecule has 11 aromatic rings. The Hall–Kier alpha value is -7.63. The van der Waals surface area contributed by atoms with E-state index in [0.29, 0.717) is 17.5 Å². The molecule has 0 unspecified atom stereocenters. The van der Waals surface area contributed by atoms with Gasteiger partial charge in [0.1, 0.15) is 5.58 Å². The third-order valence-electron chi connectivity index (χ3n) is 10.7. The fourth-order valence-electron chi connectivity index (χ4n) is 7.96. The normalized spacial score (nSPS) is 11.6. The predicted molar refractivity (Wildman–Crippen MR) is 229 cm³/mol. The molecule has 3 heterocycles. The molecule has 0 N–H and O–H groups in total. The lowest BCUT2D eigenvalue weighted by Crippen LogP contribution is -2.00. The molecule has 0 aliphatic heterocycles. The number of hydrogen-bond acceptors (Lipinski definition) is 4. The van der Waals surface area contributed by atoms with Gasteiger partial charge in [-0.25, -0.2) is 15.0 Å². The Morgan fingerprint density at radius 3 is 1.55 bits per heavy atom. The van der Waals surface area contributed by atoms with Crippen LogP contribution < -0.4 is 0 Å². The summed E-state index contributed by atoms with van der Waals surface area (Å²) in [6, 6.07) is 67.4. The molecule has 0 aliphatic rings. The molecule has 0 saturated heterocycles. The second kappa shape index (κ2) is 13.0. The van der Waals surface area contributed by atoms with Gasteiger partial charge in [-0.1, -0.05) is 146 Å². The molecule has 0 spiro atoms. The van der Waals surface area contributed by atoms with Crippen LogP contribution >= 0.6 is 0 Å². The average molecular weight is 717 g/mol. The number of hydrogen-bond donors (Lipinski definition) is 0. The highest BCUT2D eigenvalue weighted by Gasteiger charge is 2.20. The molecular formula is C51H32N4O. The lowest BCUT2D eigenvalue weighted by molar-refractivity contribution is 0.666. The van der Waals surface area contributed by atoms with Crippen LogP contribution in [0.2, 0.25) is 0 Å². The molecule has 0 radical (unpaired) electrons. The Kier molecular flexibility index (Phi) is 7.42. The number of rotatable bonds is 6. The van der Waals surface area contributed by atoms with Crippen LogP contribution in [0.15, 0.2) is 199 Å². The van der Waals surface area contributed by atoms with E-state index in [-0.39, 0.29) is 0 Å². The summed E-state index contributed by atoms with van der Waals surface area (Å²) in [6.45, 7) is 0. The molecule has 0 aliphatic carbocycles. The SMILES string of the molecule is c1ccc(-c2cccc(-c3nc(-c4ccccc4)nc(-c4ccc5oc6c(-n7c8ccccc8c8cc(-c9ccccc9)ccc87)cccc6c5c4)n3)c2)cc1. The Morgan fingerprint density at radius 1 is 0.321 bits per heavy atom. The van der Waals surface area contributed by atoms with Gasteiger partial charge < -0.3 is 8.98 Å². The molecule has 11 rings (SSSR count). The van der Waals surface area contributed by atoms with Crippen LogP contribution in [0.25, 0.3) is 106 Å². The monoisotopic (exact) mass is 716 g/mol. The maximum absolute atomic E-state index is 6.76. The second-order valence-corrected chi connectivity index (χ2v) is 14.0. The average Bonchev–Trinajstić information content (AvgIpc) is 3.82. The van der Waals surface area contributed by atoms with Crippen LogP contribution in [0.4, 0.5) is 0 Å². The van der Waals surface area contributed by atoms with Gasteiger partial charge in [0.2, 0.25) is 0 Å². The van der Waals surface area contributed by atoms with Crippen molar-refractivity contribution in [2.24, 2.45) is 0 Å². The first-order valence-electron chi connectivity index (χ1n) is 18.8. The number of fused-ring (bicyclic) bond motifs is 6. The van der Waals surface area contributed by atoms with Crippen molar-refractivity contribution in [1.29, 1.82) is 0 Å². The van der Waals surface area contributed by atoms with Gasteiger partial charge >= 0.3 is 0 Å². The first kappa shape index (κ1) is 31.9. The van der Waals surface area contributed by atoms with Gasteiger partial charge in [0.25, 0.3) is 0 Å². The minimum atomic E-state index is 0.600. The third-order valence-corrected chi connectivity index (χ3v) is 10.7. The Labute approximate surface area is 322 Å². The van der Waals surface area contributed by atoms with Gasteiger partial charge in [-0.15, -0.1) is 0 Å². The fraction of sp³-hybridized carbons (Fsp3) is 0. The van der Waals surface area contributed by atoms with E-state index in [1.807, 2.05) is 48.5 Å². The lowest BCUT2D eigenvalue weighted by Gasteiger charge is -2.10. The van der Waals surface area contributed by atoms with Gasteiger partial charge in [0, 0.05) is 38.2 Å². The molecule has 56 heavy (non-hydrogen) atoms. The summed E-state index contributed by atoms with van der Waals surface area (Å²) in [5, 5.41) is 4.43. The third kappa shape index (κ3) is 5.37. The van der Waals surface area contributed by atoms with E-state index in [9.17, 15) is 0 Å². The zero-order valence-electron chi connectivity index (χ0n) is 30.2. The summed E-state index contributed by atoms with van der Waals surface area (Å²) in [4.78, 5) is 15.2. The molecule has 0 amide bonds. The fourth-order valence-corrected chi connectivity index (χ4v) is 7.96. The topological polar surface area (TPSA) is 56.7 Å². The minimum absolute atomic E-state index is 0.600. The summed E-state index contributed by atoms with van der Waals surface area (Å²) >= 11 is 0. The molecule has 262 valence electrons. The van der Waals surface area contributed by atoms with Crippen LogP contribution in [0, 0.1) is 0 Å². The standard InChI is InChI=1S/C51H32N4O/c1-4-14-33(15-5-1)36-20-12-21-38(30-36)50-52-49(35-18-8-3-9-19-35)53-51(54-50)39-27-29-47-43(32-39)41-23-13-25-46(48(41)56-47)55-44-24-11-10-22-40(44)42-31-37(26-28-45(42)55)34-16-6-2-7-17-34/h1-32H. The number of nitrogens with zero attached hydrogens (tertiary/aromatic N) is 4. The Morgan fingerprint density at radius 2 is 0.821 bits per heavy atom. The zero-order valence-corrected chi connectivity index (χ0v) is 30.2. The second-order valence-electron chi connectivity index (χ2n) is 14.0. The number of furan rings is 1. The summed E-state index contributed by atoms with van der Waals surface area (Å²) < 4.78 is 9.09. The van der Waals surface area contributed by atoms with Crippen LogP contribution in [0.1, 0.15) is 0 Å². The first-order chi connectivity index (χ1) is 27.7. The van der Waals surface area contributed by atoms with Crippen LogP contribution in [-0.2, 0) is 0 Å². The van der Waals surface area contributed by atoms with Gasteiger partial charge in [-0.3, -0.25) is 0 Å². The zero-order chi connectivity index (χ0) is 37.0. The molecule has 0 atom stereocenters. The molecule has 5 heteroatoms. The van der Waals surface area contributed by atoms with E-state index in [0.717, 1.165) is 66.5 Å². The first-order valence-corrected chi connectivity index (χ1v) is 18.8. The molecule has 3 aromatic heterocycles. The number of benzene rings is 8. The highest BCUT2D eigenvalue weighted by Crippen LogP contribution is 2.40. The smallest absolute Gasteiger partial charge is 0.164 e. The van der Waals surface area contributed by atoms with E-state index in [2.05, 4.69) is 150 Å². The Bertz CT molecular complexity index is 3240. The summed E-state index contributed by atoms with van der Waals surface area (Å²) in [5.74, 6) is 1.84. The number of para-hydroxylation sites is 2. The molecule has 8 aromatic carbocycles. The highest BCUT2D eigenvalue weighted by atomic mass is 16.3. The van der Waals surface area contributed by atoms with Crippen molar-refractivity contribution >= 4 is 43.7 Å². The van der Waals surface area contributed by atoms with Crippen LogP contribution in [0.3, 0.4) is 0 Å². The molecule has 0 saturated carbocycles. The van der Waals surface area contributed by atoms with Crippen molar-refractivity contribution in [2.75, 3.05) is 0 Å². The van der Waals surface area contributed by atoms with Crippen molar-refractivity contribution in [2.45, 2.75) is 0 Å². The largest absolute Gasteiger partial charge is 0.454 e. The van der Waals surface area contributed by atoms with E-state index in [1.165, 1.54) is 21.9 Å². The van der Waals surface area contributed by atoms with Crippen molar-refractivity contribution in [3.63, 3.8) is 0 Å². The maximum atomic E-state index is 6.76. The van der Waals surface area contributed by atoms with Gasteiger partial charge in [-0.05, 0) is 70.8 Å². The maximum Gasteiger partial charge on any atom is 0.164 e. The van der Waals surface area contributed by atoms with Crippen molar-refractivity contribution in [3.8, 4) is 62.1 Å². The minimum Gasteiger partial charge on any atom is -0.454 e. The van der Waals surface area contributed by atoms with Gasteiger partial charge in [-0.2, -0.15) is 0 Å². The van der Waals surface area contributed by atoms with E-state index in [4.69, 9.17) is 19.4 Å². The van der Waals surface area contributed by atoms with Crippen LogP contribution in [-0.4, -0.2) is 19.5 Å². The van der Waals surface area contributed by atoms with Crippen molar-refractivity contribution < 1.29 is 4.42 Å². The molecule has 5 nitrogen and oxygen atoms in total. The summed E-state index contributed by atoms with van der Waals surface area (Å²) in [6.07, 6.45) is 0. The van der Waals surface area contributed by atoms with Crippen molar-refractivity contribution in [3.05, 3.63) is 194 Å². The molecule has 0 bridgehead atoms.